The molecular weight excluding hydrogens is 433 g/mol. The fourth-order valence-corrected chi connectivity index (χ4v) is 7.17. The average molecular weight is 458 g/mol. The fraction of sp³-hybridized carbons (Fsp3) is 0.526. The van der Waals surface area contributed by atoms with Gasteiger partial charge in [0.2, 0.25) is 5.91 Å². The number of rotatable bonds is 4. The van der Waals surface area contributed by atoms with Gasteiger partial charge in [0.15, 0.2) is 15.0 Å². The Labute approximate surface area is 179 Å². The molecule has 2 fully saturated rings. The number of sulfone groups is 1. The van der Waals surface area contributed by atoms with Crippen LogP contribution in [0.25, 0.3) is 0 Å². The molecule has 2 aliphatic heterocycles. The maximum Gasteiger partial charge on any atom is 0.407 e. The molecule has 0 radical (unpaired) electrons. The number of hydrogen-bond donors (Lipinski definition) is 1. The summed E-state index contributed by atoms with van der Waals surface area (Å²) in [6.45, 7) is 5.23. The van der Waals surface area contributed by atoms with Crippen LogP contribution in [0.3, 0.4) is 0 Å². The van der Waals surface area contributed by atoms with Crippen molar-refractivity contribution in [1.29, 1.82) is 0 Å². The number of aliphatic imine (C=N–C) groups is 1. The number of amidine groups is 1. The first-order valence-electron chi connectivity index (χ1n) is 9.44. The Hall–Kier alpha value is -2.14. The maximum absolute atomic E-state index is 14.4. The Kier molecular flexibility index (Phi) is 6.42. The summed E-state index contributed by atoms with van der Waals surface area (Å²) in [5, 5.41) is 2.44. The second kappa shape index (κ2) is 8.54. The summed E-state index contributed by atoms with van der Waals surface area (Å²) in [6, 6.07) is 5.51. The molecule has 3 rings (SSSR count). The monoisotopic (exact) mass is 457 g/mol. The number of benzene rings is 1. The first kappa shape index (κ1) is 22.5. The third kappa shape index (κ3) is 5.51. The van der Waals surface area contributed by atoms with E-state index in [1.54, 1.807) is 26.8 Å². The summed E-state index contributed by atoms with van der Waals surface area (Å²) in [7, 11) is -3.24. The average Bonchev–Trinajstić information content (AvgIpc) is 3.05. The van der Waals surface area contributed by atoms with Crippen molar-refractivity contribution in [2.45, 2.75) is 44.1 Å². The standard InChI is InChI=1S/C19H24FN3O5S2/c1-19(2,3)28-18(25)21-9-8-16(24)22-17-23(13-7-5-4-6-12(13)20)14-10-30(26,27)11-15(14)29-17/h4-7,14-15H,8-11H2,1-3H3,(H,21,25). The SMILES string of the molecule is CC(C)(C)OC(=O)NCCC(=O)N=C1SC2CS(=O)(=O)CC2N1c1ccccc1F. The zero-order chi connectivity index (χ0) is 22.1. The summed E-state index contributed by atoms with van der Waals surface area (Å²) in [4.78, 5) is 29.6. The van der Waals surface area contributed by atoms with E-state index in [0.29, 0.717) is 0 Å². The fourth-order valence-electron chi connectivity index (χ4n) is 3.24. The molecule has 2 saturated heterocycles. The van der Waals surface area contributed by atoms with Gasteiger partial charge in [-0.15, -0.1) is 0 Å². The first-order chi connectivity index (χ1) is 14.0. The van der Waals surface area contributed by atoms with Crippen molar-refractivity contribution in [2.24, 2.45) is 4.99 Å². The van der Waals surface area contributed by atoms with E-state index in [1.165, 1.54) is 34.9 Å². The smallest absolute Gasteiger partial charge is 0.407 e. The van der Waals surface area contributed by atoms with Gasteiger partial charge in [0.25, 0.3) is 0 Å². The van der Waals surface area contributed by atoms with Gasteiger partial charge in [0.05, 0.1) is 23.2 Å². The number of fused-ring (bicyclic) bond motifs is 1. The first-order valence-corrected chi connectivity index (χ1v) is 12.1. The van der Waals surface area contributed by atoms with E-state index in [9.17, 15) is 22.4 Å². The lowest BCUT2D eigenvalue weighted by molar-refractivity contribution is -0.117. The largest absolute Gasteiger partial charge is 0.444 e. The molecule has 30 heavy (non-hydrogen) atoms. The van der Waals surface area contributed by atoms with E-state index in [-0.39, 0.29) is 40.6 Å². The van der Waals surface area contributed by atoms with E-state index >= 15 is 0 Å². The molecule has 1 N–H and O–H groups in total. The summed E-state index contributed by atoms with van der Waals surface area (Å²) in [5.41, 5.74) is -0.458. The van der Waals surface area contributed by atoms with Crippen LogP contribution in [0.2, 0.25) is 0 Å². The van der Waals surface area contributed by atoms with Gasteiger partial charge in [0.1, 0.15) is 11.4 Å². The highest BCUT2D eigenvalue weighted by Gasteiger charge is 2.49. The van der Waals surface area contributed by atoms with Crippen molar-refractivity contribution in [1.82, 2.24) is 5.32 Å². The molecule has 2 amide bonds. The number of amides is 2. The molecule has 11 heteroatoms. The molecule has 2 heterocycles. The number of nitrogens with zero attached hydrogens (tertiary/aromatic N) is 2. The van der Waals surface area contributed by atoms with Crippen LogP contribution >= 0.6 is 11.8 Å². The number of halogens is 1. The lowest BCUT2D eigenvalue weighted by atomic mass is 10.2. The van der Waals surface area contributed by atoms with E-state index in [1.807, 2.05) is 0 Å². The summed E-state index contributed by atoms with van der Waals surface area (Å²) < 4.78 is 43.6. The molecule has 1 aromatic rings. The number of ether oxygens (including phenoxy) is 1. The van der Waals surface area contributed by atoms with Crippen molar-refractivity contribution < 1.29 is 27.1 Å². The number of para-hydroxylation sites is 1. The van der Waals surface area contributed by atoms with Gasteiger partial charge in [-0.2, -0.15) is 4.99 Å². The van der Waals surface area contributed by atoms with Gasteiger partial charge in [0, 0.05) is 18.2 Å². The Morgan fingerprint density at radius 2 is 2.00 bits per heavy atom. The van der Waals surface area contributed by atoms with Crippen molar-refractivity contribution in [3.8, 4) is 0 Å². The van der Waals surface area contributed by atoms with Gasteiger partial charge in [-0.25, -0.2) is 17.6 Å². The number of nitrogens with one attached hydrogen (secondary N) is 1. The second-order valence-corrected chi connectivity index (χ2v) is 11.4. The molecule has 1 aromatic carbocycles. The minimum Gasteiger partial charge on any atom is -0.444 e. The number of anilines is 1. The topological polar surface area (TPSA) is 105 Å². The van der Waals surface area contributed by atoms with E-state index in [0.717, 1.165) is 0 Å². The van der Waals surface area contributed by atoms with Crippen LogP contribution in [-0.2, 0) is 19.4 Å². The number of hydrogen-bond acceptors (Lipinski definition) is 6. The third-order valence-corrected chi connectivity index (χ3v) is 7.62. The Balaban J connectivity index is 1.72. The lowest BCUT2D eigenvalue weighted by Gasteiger charge is -2.24. The predicted octanol–water partition coefficient (Wildman–Crippen LogP) is 2.34. The third-order valence-electron chi connectivity index (χ3n) is 4.41. The van der Waals surface area contributed by atoms with Gasteiger partial charge in [-0.3, -0.25) is 4.79 Å². The van der Waals surface area contributed by atoms with Gasteiger partial charge in [-0.05, 0) is 32.9 Å². The van der Waals surface area contributed by atoms with E-state index in [4.69, 9.17) is 4.74 Å². The molecule has 164 valence electrons. The maximum atomic E-state index is 14.4. The minimum absolute atomic E-state index is 0.0378. The van der Waals surface area contributed by atoms with Crippen LogP contribution < -0.4 is 10.2 Å². The number of carbonyl (C=O) groups is 2. The Bertz CT molecular complexity index is 975. The lowest BCUT2D eigenvalue weighted by Crippen LogP contribution is -2.38. The molecular formula is C19H24FN3O5S2. The van der Waals surface area contributed by atoms with Gasteiger partial charge in [-0.1, -0.05) is 23.9 Å². The van der Waals surface area contributed by atoms with Gasteiger partial charge >= 0.3 is 6.09 Å². The van der Waals surface area contributed by atoms with Crippen molar-refractivity contribution in [3.05, 3.63) is 30.1 Å². The Morgan fingerprint density at radius 1 is 1.30 bits per heavy atom. The van der Waals surface area contributed by atoms with Crippen molar-refractivity contribution in [3.63, 3.8) is 0 Å². The van der Waals surface area contributed by atoms with E-state index < -0.39 is 39.3 Å². The van der Waals surface area contributed by atoms with Crippen LogP contribution in [0.15, 0.2) is 29.3 Å². The molecule has 2 unspecified atom stereocenters. The van der Waals surface area contributed by atoms with Crippen LogP contribution in [-0.4, -0.2) is 60.5 Å². The van der Waals surface area contributed by atoms with E-state index in [2.05, 4.69) is 10.3 Å². The van der Waals surface area contributed by atoms with Gasteiger partial charge < -0.3 is 15.0 Å². The molecule has 0 saturated carbocycles. The molecule has 0 aliphatic carbocycles. The van der Waals surface area contributed by atoms with Crippen molar-refractivity contribution in [2.75, 3.05) is 23.0 Å². The van der Waals surface area contributed by atoms with Crippen LogP contribution in [0.1, 0.15) is 27.2 Å². The predicted molar refractivity (Wildman–Crippen MR) is 114 cm³/mol. The Morgan fingerprint density at radius 3 is 2.67 bits per heavy atom. The molecule has 2 atom stereocenters. The highest BCUT2D eigenvalue weighted by Crippen LogP contribution is 2.41. The van der Waals surface area contributed by atoms with Crippen molar-refractivity contribution >= 4 is 44.5 Å². The number of thioether (sulfide) groups is 1. The zero-order valence-electron chi connectivity index (χ0n) is 16.9. The highest BCUT2D eigenvalue weighted by molar-refractivity contribution is 8.16. The second-order valence-electron chi connectivity index (χ2n) is 8.09. The molecule has 0 spiro atoms. The minimum atomic E-state index is -3.24. The summed E-state index contributed by atoms with van der Waals surface area (Å²) in [6.07, 6.45) is -0.701. The quantitative estimate of drug-likeness (QED) is 0.740. The number of alkyl carbamates (subject to hydrolysis) is 1. The molecule has 8 nitrogen and oxygen atoms in total. The van der Waals surface area contributed by atoms with Crippen LogP contribution in [0, 0.1) is 5.82 Å². The normalized spacial score (nSPS) is 24.0. The number of carbonyl (C=O) groups excluding carboxylic acids is 2. The summed E-state index contributed by atoms with van der Waals surface area (Å²) >= 11 is 1.17. The zero-order valence-corrected chi connectivity index (χ0v) is 18.6. The molecule has 0 aromatic heterocycles. The van der Waals surface area contributed by atoms with Crippen LogP contribution in [0.5, 0.6) is 0 Å². The highest BCUT2D eigenvalue weighted by atomic mass is 32.2. The molecule has 2 aliphatic rings. The van der Waals surface area contributed by atoms with Crippen LogP contribution in [0.4, 0.5) is 14.9 Å². The summed E-state index contributed by atoms with van der Waals surface area (Å²) in [5.74, 6) is -1.18. The molecule has 0 bridgehead atoms.